The van der Waals surface area contributed by atoms with Crippen molar-refractivity contribution >= 4 is 15.9 Å². The monoisotopic (exact) mass is 215 g/mol. The maximum absolute atomic E-state index is 5.81. The number of rotatable bonds is 0. The molecule has 0 amide bonds. The smallest absolute Gasteiger partial charge is 0.109 e. The van der Waals surface area contributed by atoms with Crippen LogP contribution in [0.3, 0.4) is 0 Å². The minimum absolute atomic E-state index is 0.299. The van der Waals surface area contributed by atoms with Gasteiger partial charge in [-0.05, 0) is 22.4 Å². The quantitative estimate of drug-likeness (QED) is 0.700. The maximum Gasteiger partial charge on any atom is 0.109 e. The van der Waals surface area contributed by atoms with Gasteiger partial charge in [0.2, 0.25) is 0 Å². The molecule has 0 aliphatic carbocycles. The van der Waals surface area contributed by atoms with E-state index in [0.29, 0.717) is 6.04 Å². The molecular formula is C7H10BrN3. The Hall–Kier alpha value is -0.350. The van der Waals surface area contributed by atoms with Gasteiger partial charge >= 0.3 is 0 Å². The lowest BCUT2D eigenvalue weighted by molar-refractivity contribution is 0.449. The second-order valence-corrected chi connectivity index (χ2v) is 3.72. The number of halogens is 1. The zero-order valence-corrected chi connectivity index (χ0v) is 7.71. The van der Waals surface area contributed by atoms with Gasteiger partial charge in [-0.25, -0.2) is 4.98 Å². The van der Waals surface area contributed by atoms with Crippen molar-refractivity contribution in [1.82, 2.24) is 9.55 Å². The number of fused-ring (bicyclic) bond motifs is 1. The lowest BCUT2D eigenvalue weighted by Crippen LogP contribution is -2.32. The van der Waals surface area contributed by atoms with Gasteiger partial charge in [-0.1, -0.05) is 0 Å². The van der Waals surface area contributed by atoms with Crippen LogP contribution in [0.4, 0.5) is 0 Å². The molecule has 2 rings (SSSR count). The molecule has 2 N–H and O–H groups in total. The van der Waals surface area contributed by atoms with Crippen molar-refractivity contribution in [3.05, 3.63) is 16.6 Å². The fourth-order valence-electron chi connectivity index (χ4n) is 1.42. The Morgan fingerprint density at radius 3 is 3.36 bits per heavy atom. The molecule has 1 atom stereocenters. The van der Waals surface area contributed by atoms with E-state index in [1.54, 1.807) is 0 Å². The van der Waals surface area contributed by atoms with E-state index < -0.39 is 0 Å². The number of hydrogen-bond acceptors (Lipinski definition) is 2. The summed E-state index contributed by atoms with van der Waals surface area (Å²) >= 11 is 3.42. The van der Waals surface area contributed by atoms with Crippen LogP contribution in [0.25, 0.3) is 0 Å². The van der Waals surface area contributed by atoms with Crippen LogP contribution in [0.15, 0.2) is 10.8 Å². The van der Waals surface area contributed by atoms with Gasteiger partial charge < -0.3 is 10.3 Å². The summed E-state index contributed by atoms with van der Waals surface area (Å²) in [5.41, 5.74) is 5.81. The third kappa shape index (κ3) is 1.20. The normalized spacial score (nSPS) is 23.3. The molecule has 60 valence electrons. The summed E-state index contributed by atoms with van der Waals surface area (Å²) in [5.74, 6) is 1.15. The summed E-state index contributed by atoms with van der Waals surface area (Å²) in [7, 11) is 0. The highest BCUT2D eigenvalue weighted by atomic mass is 79.9. The Bertz CT molecular complexity index is 269. The number of hydrogen-bond donors (Lipinski definition) is 1. The van der Waals surface area contributed by atoms with E-state index in [4.69, 9.17) is 5.73 Å². The molecule has 0 radical (unpaired) electrons. The van der Waals surface area contributed by atoms with E-state index in [0.717, 1.165) is 29.8 Å². The van der Waals surface area contributed by atoms with Crippen LogP contribution in [0.2, 0.25) is 0 Å². The van der Waals surface area contributed by atoms with Crippen molar-refractivity contribution in [1.29, 1.82) is 0 Å². The molecule has 0 spiro atoms. The molecule has 2 heterocycles. The van der Waals surface area contributed by atoms with Crippen molar-refractivity contribution in [3.8, 4) is 0 Å². The summed E-state index contributed by atoms with van der Waals surface area (Å²) in [5, 5.41) is 0. The first-order chi connectivity index (χ1) is 5.27. The van der Waals surface area contributed by atoms with Crippen LogP contribution < -0.4 is 5.73 Å². The molecule has 0 saturated carbocycles. The highest BCUT2D eigenvalue weighted by molar-refractivity contribution is 9.10. The number of imidazole rings is 1. The average molecular weight is 216 g/mol. The predicted molar refractivity (Wildman–Crippen MR) is 46.2 cm³/mol. The highest BCUT2D eigenvalue weighted by Crippen LogP contribution is 2.19. The van der Waals surface area contributed by atoms with Gasteiger partial charge in [-0.3, -0.25) is 0 Å². The topological polar surface area (TPSA) is 43.8 Å². The summed E-state index contributed by atoms with van der Waals surface area (Å²) in [6.07, 6.45) is 3.91. The number of nitrogens with zero attached hydrogens (tertiary/aromatic N) is 2. The fraction of sp³-hybridized carbons (Fsp3) is 0.571. The lowest BCUT2D eigenvalue weighted by atomic mass is 10.1. The molecule has 4 heteroatoms. The van der Waals surface area contributed by atoms with Crippen molar-refractivity contribution in [2.24, 2.45) is 5.73 Å². The zero-order valence-electron chi connectivity index (χ0n) is 6.13. The van der Waals surface area contributed by atoms with Crippen molar-refractivity contribution in [2.45, 2.75) is 25.4 Å². The molecule has 11 heavy (non-hydrogen) atoms. The Labute approximate surface area is 73.7 Å². The predicted octanol–water partition coefficient (Wildman–Crippen LogP) is 0.919. The fourth-order valence-corrected chi connectivity index (χ4v) is 1.87. The van der Waals surface area contributed by atoms with E-state index >= 15 is 0 Å². The molecule has 0 aromatic carbocycles. The Morgan fingerprint density at radius 2 is 2.55 bits per heavy atom. The Morgan fingerprint density at radius 1 is 1.73 bits per heavy atom. The first-order valence-electron chi connectivity index (χ1n) is 3.73. The van der Waals surface area contributed by atoms with Gasteiger partial charge in [0, 0.05) is 19.0 Å². The third-order valence-electron chi connectivity index (χ3n) is 2.05. The second kappa shape index (κ2) is 2.60. The summed E-state index contributed by atoms with van der Waals surface area (Å²) in [4.78, 5) is 4.25. The van der Waals surface area contributed by atoms with E-state index in [-0.39, 0.29) is 0 Å². The van der Waals surface area contributed by atoms with E-state index in [9.17, 15) is 0 Å². The molecule has 0 saturated heterocycles. The Kier molecular flexibility index (Phi) is 1.73. The van der Waals surface area contributed by atoms with E-state index in [1.807, 2.05) is 6.20 Å². The number of nitrogens with two attached hydrogens (primary N) is 1. The molecule has 3 nitrogen and oxygen atoms in total. The zero-order chi connectivity index (χ0) is 7.84. The molecule has 1 aliphatic rings. The first-order valence-corrected chi connectivity index (χ1v) is 4.52. The van der Waals surface area contributed by atoms with Crippen molar-refractivity contribution in [3.63, 3.8) is 0 Å². The van der Waals surface area contributed by atoms with Crippen LogP contribution >= 0.6 is 15.9 Å². The van der Waals surface area contributed by atoms with Crippen LogP contribution in [0.5, 0.6) is 0 Å². The molecule has 0 fully saturated rings. The minimum Gasteiger partial charge on any atom is -0.326 e. The van der Waals surface area contributed by atoms with Crippen LogP contribution in [0.1, 0.15) is 12.2 Å². The standard InChI is InChI=1S/C7H10BrN3/c8-6-3-10-7-2-1-5(9)4-11(6)7/h3,5H,1-2,4,9H2/t5-/m0/s1. The van der Waals surface area contributed by atoms with Gasteiger partial charge in [0.1, 0.15) is 10.4 Å². The minimum atomic E-state index is 0.299. The van der Waals surface area contributed by atoms with Crippen molar-refractivity contribution < 1.29 is 0 Å². The van der Waals surface area contributed by atoms with Gasteiger partial charge in [-0.15, -0.1) is 0 Å². The summed E-state index contributed by atoms with van der Waals surface area (Å²) in [6, 6.07) is 0.299. The van der Waals surface area contributed by atoms with Crippen molar-refractivity contribution in [2.75, 3.05) is 0 Å². The molecule has 0 bridgehead atoms. The first kappa shape index (κ1) is 7.31. The molecule has 1 aromatic heterocycles. The van der Waals surface area contributed by atoms with Gasteiger partial charge in [0.05, 0.1) is 6.20 Å². The summed E-state index contributed by atoms with van der Waals surface area (Å²) in [6.45, 7) is 0.899. The molecule has 0 unspecified atom stereocenters. The van der Waals surface area contributed by atoms with Crippen LogP contribution in [0, 0.1) is 0 Å². The lowest BCUT2D eigenvalue weighted by Gasteiger charge is -2.20. The highest BCUT2D eigenvalue weighted by Gasteiger charge is 2.17. The molecule has 1 aliphatic heterocycles. The average Bonchev–Trinajstić information content (AvgIpc) is 2.33. The van der Waals surface area contributed by atoms with Gasteiger partial charge in [0.25, 0.3) is 0 Å². The van der Waals surface area contributed by atoms with Gasteiger partial charge in [-0.2, -0.15) is 0 Å². The molecular weight excluding hydrogens is 206 g/mol. The molecule has 1 aromatic rings. The van der Waals surface area contributed by atoms with Crippen LogP contribution in [-0.2, 0) is 13.0 Å². The van der Waals surface area contributed by atoms with E-state index in [1.165, 1.54) is 0 Å². The van der Waals surface area contributed by atoms with Gasteiger partial charge in [0.15, 0.2) is 0 Å². The SMILES string of the molecule is N[C@H]1CCc2ncc(Br)n2C1. The third-order valence-corrected chi connectivity index (χ3v) is 2.68. The second-order valence-electron chi connectivity index (χ2n) is 2.91. The van der Waals surface area contributed by atoms with E-state index in [2.05, 4.69) is 25.5 Å². The van der Waals surface area contributed by atoms with Crippen LogP contribution in [-0.4, -0.2) is 15.6 Å². The number of aryl methyl sites for hydroxylation is 1. The summed E-state index contributed by atoms with van der Waals surface area (Å²) < 4.78 is 3.18. The number of aromatic nitrogens is 2. The maximum atomic E-state index is 5.81. The largest absolute Gasteiger partial charge is 0.326 e. The Balaban J connectivity index is 2.37.